The third kappa shape index (κ3) is 5.53. The van der Waals surface area contributed by atoms with Gasteiger partial charge in [0.05, 0.1) is 26.5 Å². The van der Waals surface area contributed by atoms with E-state index in [1.807, 2.05) is 6.92 Å². The molecule has 0 aliphatic heterocycles. The number of rotatable bonds is 7. The van der Waals surface area contributed by atoms with Crippen LogP contribution in [-0.2, 0) is 11.8 Å². The number of nitrogens with zero attached hydrogens (tertiary/aromatic N) is 3. The Morgan fingerprint density at radius 1 is 1.13 bits per heavy atom. The van der Waals surface area contributed by atoms with Gasteiger partial charge in [-0.2, -0.15) is 0 Å². The van der Waals surface area contributed by atoms with E-state index in [-0.39, 0.29) is 11.7 Å². The van der Waals surface area contributed by atoms with Crippen LogP contribution in [0.25, 0.3) is 0 Å². The lowest BCUT2D eigenvalue weighted by molar-refractivity contribution is -0.113. The highest BCUT2D eigenvalue weighted by Crippen LogP contribution is 2.32. The third-order valence-electron chi connectivity index (χ3n) is 3.99. The molecule has 1 N–H and O–H groups in total. The van der Waals surface area contributed by atoms with Gasteiger partial charge in [0.15, 0.2) is 17.1 Å². The van der Waals surface area contributed by atoms with Gasteiger partial charge in [0.25, 0.3) is 0 Å². The second kappa shape index (κ2) is 10.1. The molecule has 1 atom stereocenters. The highest BCUT2D eigenvalue weighted by Gasteiger charge is 2.19. The van der Waals surface area contributed by atoms with Crippen molar-refractivity contribution in [3.8, 4) is 5.75 Å². The molecule has 3 rings (SSSR count). The molecule has 1 heterocycles. The van der Waals surface area contributed by atoms with Crippen molar-refractivity contribution >= 4 is 69.8 Å². The number of benzene rings is 2. The Morgan fingerprint density at radius 2 is 1.83 bits per heavy atom. The number of thioether (sulfide) groups is 1. The van der Waals surface area contributed by atoms with Crippen LogP contribution < -0.4 is 10.1 Å². The molecular weight excluding hydrogens is 490 g/mol. The summed E-state index contributed by atoms with van der Waals surface area (Å²) in [6, 6.07) is 10.00. The van der Waals surface area contributed by atoms with Gasteiger partial charge in [-0.05, 0) is 37.3 Å². The molecule has 3 aromatic rings. The zero-order valence-electron chi connectivity index (χ0n) is 15.8. The number of amides is 1. The lowest BCUT2D eigenvalue weighted by Crippen LogP contribution is -2.15. The van der Waals surface area contributed by atoms with Crippen LogP contribution in [-0.4, -0.2) is 26.4 Å². The van der Waals surface area contributed by atoms with Crippen LogP contribution >= 0.6 is 58.2 Å². The standard InChI is InChI=1S/C19H16Cl4N4O2S/c1-10(29-15-7-6-11(20)8-14(15)23)18-25-26-19(27(18)2)30-9-16(28)24-17-12(21)4-3-5-13(17)22/h3-8,10H,9H2,1-2H3,(H,24,28). The quantitative estimate of drug-likeness (QED) is 0.381. The molecule has 0 saturated carbocycles. The maximum absolute atomic E-state index is 12.3. The molecule has 2 aromatic carbocycles. The number of para-hydroxylation sites is 1. The molecule has 11 heteroatoms. The number of anilines is 1. The second-order valence-electron chi connectivity index (χ2n) is 6.17. The van der Waals surface area contributed by atoms with Crippen molar-refractivity contribution in [3.63, 3.8) is 0 Å². The summed E-state index contributed by atoms with van der Waals surface area (Å²) in [5.74, 6) is 0.905. The average molecular weight is 506 g/mol. The lowest BCUT2D eigenvalue weighted by Gasteiger charge is -2.15. The number of nitrogens with one attached hydrogen (secondary N) is 1. The minimum atomic E-state index is -0.425. The third-order valence-corrected chi connectivity index (χ3v) is 6.17. The van der Waals surface area contributed by atoms with Crippen molar-refractivity contribution < 1.29 is 9.53 Å². The monoisotopic (exact) mass is 504 g/mol. The van der Waals surface area contributed by atoms with E-state index in [2.05, 4.69) is 15.5 Å². The summed E-state index contributed by atoms with van der Waals surface area (Å²) in [7, 11) is 1.80. The van der Waals surface area contributed by atoms with Gasteiger partial charge >= 0.3 is 0 Å². The molecule has 30 heavy (non-hydrogen) atoms. The van der Waals surface area contributed by atoms with E-state index >= 15 is 0 Å². The van der Waals surface area contributed by atoms with Crippen LogP contribution in [0.15, 0.2) is 41.6 Å². The molecular formula is C19H16Cl4N4O2S. The van der Waals surface area contributed by atoms with Crippen LogP contribution in [0.3, 0.4) is 0 Å². The molecule has 158 valence electrons. The van der Waals surface area contributed by atoms with Gasteiger partial charge in [-0.25, -0.2) is 0 Å². The minimum Gasteiger partial charge on any atom is -0.481 e. The smallest absolute Gasteiger partial charge is 0.234 e. The van der Waals surface area contributed by atoms with Gasteiger partial charge in [0.1, 0.15) is 5.75 Å². The molecule has 1 aromatic heterocycles. The summed E-state index contributed by atoms with van der Waals surface area (Å²) in [6.07, 6.45) is -0.425. The fraction of sp³-hybridized carbons (Fsp3) is 0.211. The number of carbonyl (C=O) groups excluding carboxylic acids is 1. The van der Waals surface area contributed by atoms with E-state index in [0.717, 1.165) is 0 Å². The number of aromatic nitrogens is 3. The normalized spacial score (nSPS) is 11.9. The van der Waals surface area contributed by atoms with Crippen molar-refractivity contribution in [3.05, 3.63) is 62.3 Å². The minimum absolute atomic E-state index is 0.103. The number of ether oxygens (including phenoxy) is 1. The second-order valence-corrected chi connectivity index (χ2v) is 8.77. The maximum Gasteiger partial charge on any atom is 0.234 e. The predicted octanol–water partition coefficient (Wildman–Crippen LogP) is 6.30. The van der Waals surface area contributed by atoms with E-state index in [1.165, 1.54) is 11.8 Å². The Morgan fingerprint density at radius 3 is 2.50 bits per heavy atom. The van der Waals surface area contributed by atoms with Gasteiger partial charge in [0, 0.05) is 12.1 Å². The summed E-state index contributed by atoms with van der Waals surface area (Å²) in [5, 5.41) is 13.2. The Balaban J connectivity index is 1.63. The van der Waals surface area contributed by atoms with E-state index in [1.54, 1.807) is 48.0 Å². The van der Waals surface area contributed by atoms with E-state index in [4.69, 9.17) is 51.1 Å². The van der Waals surface area contributed by atoms with E-state index < -0.39 is 6.10 Å². The molecule has 0 bridgehead atoms. The summed E-state index contributed by atoms with van der Waals surface area (Å²) in [6.45, 7) is 1.83. The molecule has 0 radical (unpaired) electrons. The Kier molecular flexibility index (Phi) is 7.76. The number of carbonyl (C=O) groups is 1. The molecule has 1 unspecified atom stereocenters. The Bertz CT molecular complexity index is 1060. The fourth-order valence-electron chi connectivity index (χ4n) is 2.54. The molecule has 0 spiro atoms. The zero-order chi connectivity index (χ0) is 21.8. The van der Waals surface area contributed by atoms with Crippen molar-refractivity contribution in [2.24, 2.45) is 7.05 Å². The first-order valence-corrected chi connectivity index (χ1v) is 11.1. The largest absolute Gasteiger partial charge is 0.481 e. The summed E-state index contributed by atoms with van der Waals surface area (Å²) in [5.41, 5.74) is 0.381. The zero-order valence-corrected chi connectivity index (χ0v) is 19.7. The molecule has 0 aliphatic rings. The Hall–Kier alpha value is -1.64. The van der Waals surface area contributed by atoms with Gasteiger partial charge < -0.3 is 14.6 Å². The van der Waals surface area contributed by atoms with Crippen LogP contribution in [0.4, 0.5) is 5.69 Å². The molecule has 0 aliphatic carbocycles. The molecule has 6 nitrogen and oxygen atoms in total. The molecule has 0 fully saturated rings. The highest BCUT2D eigenvalue weighted by atomic mass is 35.5. The van der Waals surface area contributed by atoms with Crippen molar-refractivity contribution in [1.29, 1.82) is 0 Å². The van der Waals surface area contributed by atoms with Crippen LogP contribution in [0.5, 0.6) is 5.75 Å². The first kappa shape index (κ1) is 23.0. The average Bonchev–Trinajstić information content (AvgIpc) is 3.06. The lowest BCUT2D eigenvalue weighted by atomic mass is 10.3. The van der Waals surface area contributed by atoms with Crippen molar-refractivity contribution in [2.45, 2.75) is 18.2 Å². The SMILES string of the molecule is CC(Oc1ccc(Cl)cc1Cl)c1nnc(SCC(=O)Nc2c(Cl)cccc2Cl)n1C. The van der Waals surface area contributed by atoms with Gasteiger partial charge in [-0.15, -0.1) is 10.2 Å². The van der Waals surface area contributed by atoms with Gasteiger partial charge in [-0.1, -0.05) is 64.2 Å². The summed E-state index contributed by atoms with van der Waals surface area (Å²) in [4.78, 5) is 12.3. The fourth-order valence-corrected chi connectivity index (χ4v) is 4.21. The van der Waals surface area contributed by atoms with E-state index in [9.17, 15) is 4.79 Å². The van der Waals surface area contributed by atoms with Crippen LogP contribution in [0.2, 0.25) is 20.1 Å². The summed E-state index contributed by atoms with van der Waals surface area (Å²) < 4.78 is 7.64. The first-order chi connectivity index (χ1) is 14.3. The van der Waals surface area contributed by atoms with Crippen LogP contribution in [0.1, 0.15) is 18.9 Å². The molecule has 1 amide bonds. The Labute approximate surface area is 197 Å². The van der Waals surface area contributed by atoms with E-state index in [0.29, 0.717) is 42.5 Å². The van der Waals surface area contributed by atoms with Crippen molar-refractivity contribution in [2.75, 3.05) is 11.1 Å². The number of hydrogen-bond acceptors (Lipinski definition) is 5. The predicted molar refractivity (Wildman–Crippen MR) is 122 cm³/mol. The maximum atomic E-state index is 12.3. The number of hydrogen-bond donors (Lipinski definition) is 1. The van der Waals surface area contributed by atoms with Crippen LogP contribution in [0, 0.1) is 0 Å². The summed E-state index contributed by atoms with van der Waals surface area (Å²) >= 11 is 25.5. The van der Waals surface area contributed by atoms with Gasteiger partial charge in [-0.3, -0.25) is 4.79 Å². The van der Waals surface area contributed by atoms with Crippen molar-refractivity contribution in [1.82, 2.24) is 14.8 Å². The topological polar surface area (TPSA) is 69.0 Å². The first-order valence-electron chi connectivity index (χ1n) is 8.64. The van der Waals surface area contributed by atoms with Gasteiger partial charge in [0.2, 0.25) is 5.91 Å². The highest BCUT2D eigenvalue weighted by molar-refractivity contribution is 7.99. The molecule has 0 saturated heterocycles. The number of halogens is 4.